The van der Waals surface area contributed by atoms with Crippen molar-refractivity contribution in [2.24, 2.45) is 0 Å². The van der Waals surface area contributed by atoms with Gasteiger partial charge in [-0.05, 0) is 50.2 Å². The summed E-state index contributed by atoms with van der Waals surface area (Å²) in [6, 6.07) is 13.9. The van der Waals surface area contributed by atoms with Crippen molar-refractivity contribution in [1.29, 1.82) is 0 Å². The van der Waals surface area contributed by atoms with E-state index in [4.69, 9.17) is 14.0 Å². The molecule has 0 fully saturated rings. The number of amides is 2. The number of carbonyl (C=O) groups is 2. The van der Waals surface area contributed by atoms with E-state index in [0.717, 1.165) is 4.90 Å². The molecule has 0 aliphatic rings. The van der Waals surface area contributed by atoms with Gasteiger partial charge in [-0.15, -0.1) is 11.8 Å². The van der Waals surface area contributed by atoms with Crippen molar-refractivity contribution in [1.82, 2.24) is 5.16 Å². The number of hydrogen-bond donors (Lipinski definition) is 2. The molecule has 3 rings (SSSR count). The number of carbonyl (C=O) groups excluding carboxylic acids is 2. The Balaban J connectivity index is 1.64. The topological polar surface area (TPSA) is 103 Å². The monoisotopic (exact) mass is 441 g/mol. The largest absolute Gasteiger partial charge is 0.493 e. The number of aryl methyl sites for hydroxylation is 1. The fourth-order valence-corrected chi connectivity index (χ4v) is 3.67. The fourth-order valence-electron chi connectivity index (χ4n) is 2.74. The van der Waals surface area contributed by atoms with E-state index in [1.807, 2.05) is 18.2 Å². The summed E-state index contributed by atoms with van der Waals surface area (Å²) in [4.78, 5) is 25.9. The molecule has 162 valence electrons. The Morgan fingerprint density at radius 1 is 1.03 bits per heavy atom. The van der Waals surface area contributed by atoms with Gasteiger partial charge in [0.2, 0.25) is 5.91 Å². The third-order valence-electron chi connectivity index (χ3n) is 4.30. The van der Waals surface area contributed by atoms with Gasteiger partial charge in [-0.1, -0.05) is 11.2 Å². The minimum absolute atomic E-state index is 0.196. The SMILES string of the molecule is COc1ccc(C(=O)Nc2cccc(SC(C)C(=O)Nc3cc(C)on3)c2)cc1OC. The van der Waals surface area contributed by atoms with E-state index >= 15 is 0 Å². The van der Waals surface area contributed by atoms with Gasteiger partial charge in [0.25, 0.3) is 5.91 Å². The molecule has 1 atom stereocenters. The Kier molecular flexibility index (Phi) is 7.19. The van der Waals surface area contributed by atoms with Gasteiger partial charge in [-0.25, -0.2) is 0 Å². The van der Waals surface area contributed by atoms with Crippen molar-refractivity contribution in [3.8, 4) is 11.5 Å². The zero-order valence-corrected chi connectivity index (χ0v) is 18.4. The number of nitrogens with one attached hydrogen (secondary N) is 2. The van der Waals surface area contributed by atoms with Crippen molar-refractivity contribution in [2.45, 2.75) is 24.0 Å². The first-order valence-corrected chi connectivity index (χ1v) is 10.3. The zero-order chi connectivity index (χ0) is 22.4. The number of methoxy groups -OCH3 is 2. The molecule has 2 amide bonds. The van der Waals surface area contributed by atoms with Crippen LogP contribution in [-0.2, 0) is 4.79 Å². The summed E-state index contributed by atoms with van der Waals surface area (Å²) in [6.07, 6.45) is 0. The van der Waals surface area contributed by atoms with Crippen LogP contribution in [-0.4, -0.2) is 36.4 Å². The number of rotatable bonds is 8. The van der Waals surface area contributed by atoms with Gasteiger partial charge in [0.1, 0.15) is 5.76 Å². The molecule has 8 nitrogen and oxygen atoms in total. The molecule has 9 heteroatoms. The molecule has 1 unspecified atom stereocenters. The summed E-state index contributed by atoms with van der Waals surface area (Å²) < 4.78 is 15.4. The lowest BCUT2D eigenvalue weighted by molar-refractivity contribution is -0.115. The highest BCUT2D eigenvalue weighted by atomic mass is 32.2. The van der Waals surface area contributed by atoms with E-state index in [1.54, 1.807) is 44.2 Å². The fraction of sp³-hybridized carbons (Fsp3) is 0.227. The minimum atomic E-state index is -0.381. The Bertz CT molecular complexity index is 1080. The first-order chi connectivity index (χ1) is 14.9. The van der Waals surface area contributed by atoms with Crippen LogP contribution in [0.25, 0.3) is 0 Å². The molecule has 2 N–H and O–H groups in total. The predicted octanol–water partition coefficient (Wildman–Crippen LogP) is 4.37. The van der Waals surface area contributed by atoms with Crippen LogP contribution in [0.15, 0.2) is 57.9 Å². The summed E-state index contributed by atoms with van der Waals surface area (Å²) >= 11 is 1.37. The van der Waals surface area contributed by atoms with Gasteiger partial charge in [-0.3, -0.25) is 9.59 Å². The molecule has 0 aliphatic heterocycles. The molecule has 0 saturated heterocycles. The number of anilines is 2. The van der Waals surface area contributed by atoms with E-state index in [1.165, 1.54) is 26.0 Å². The molecule has 0 radical (unpaired) electrons. The molecule has 0 spiro atoms. The summed E-state index contributed by atoms with van der Waals surface area (Å²) in [5, 5.41) is 8.96. The third-order valence-corrected chi connectivity index (χ3v) is 5.39. The molecular weight excluding hydrogens is 418 g/mol. The van der Waals surface area contributed by atoms with Crippen LogP contribution in [0.1, 0.15) is 23.0 Å². The summed E-state index contributed by atoms with van der Waals surface area (Å²) in [5.41, 5.74) is 1.05. The van der Waals surface area contributed by atoms with Crippen LogP contribution in [0.2, 0.25) is 0 Å². The standard InChI is InChI=1S/C22H23N3O5S/c1-13-10-20(25-30-13)24-21(26)14(2)31-17-7-5-6-16(12-17)23-22(27)15-8-9-18(28-3)19(11-15)29-4/h5-12,14H,1-4H3,(H,23,27)(H,24,25,26). The first-order valence-electron chi connectivity index (χ1n) is 9.44. The molecule has 0 bridgehead atoms. The molecule has 2 aromatic carbocycles. The van der Waals surface area contributed by atoms with Gasteiger partial charge >= 0.3 is 0 Å². The highest BCUT2D eigenvalue weighted by Crippen LogP contribution is 2.29. The van der Waals surface area contributed by atoms with E-state index in [9.17, 15) is 9.59 Å². The quantitative estimate of drug-likeness (QED) is 0.500. The second-order valence-electron chi connectivity index (χ2n) is 6.62. The Morgan fingerprint density at radius 2 is 1.81 bits per heavy atom. The van der Waals surface area contributed by atoms with E-state index < -0.39 is 0 Å². The van der Waals surface area contributed by atoms with Crippen LogP contribution in [0.3, 0.4) is 0 Å². The summed E-state index contributed by atoms with van der Waals surface area (Å²) in [5.74, 6) is 1.54. The van der Waals surface area contributed by atoms with Gasteiger partial charge in [0, 0.05) is 22.2 Å². The lowest BCUT2D eigenvalue weighted by Crippen LogP contribution is -2.22. The third kappa shape index (κ3) is 5.79. The number of nitrogens with zero attached hydrogens (tertiary/aromatic N) is 1. The van der Waals surface area contributed by atoms with Crippen molar-refractivity contribution < 1.29 is 23.6 Å². The van der Waals surface area contributed by atoms with Crippen LogP contribution in [0, 0.1) is 6.92 Å². The van der Waals surface area contributed by atoms with E-state index in [0.29, 0.717) is 34.3 Å². The first kappa shape index (κ1) is 22.2. The molecular formula is C22H23N3O5S. The van der Waals surface area contributed by atoms with Crippen LogP contribution < -0.4 is 20.1 Å². The lowest BCUT2D eigenvalue weighted by atomic mass is 10.2. The van der Waals surface area contributed by atoms with E-state index in [2.05, 4.69) is 15.8 Å². The Hall–Kier alpha value is -3.46. The average Bonchev–Trinajstić information content (AvgIpc) is 3.17. The van der Waals surface area contributed by atoms with Gasteiger partial charge in [0.15, 0.2) is 17.3 Å². The number of ether oxygens (including phenoxy) is 2. The minimum Gasteiger partial charge on any atom is -0.493 e. The van der Waals surface area contributed by atoms with Crippen molar-refractivity contribution in [2.75, 3.05) is 24.9 Å². The van der Waals surface area contributed by atoms with Crippen molar-refractivity contribution in [3.05, 3.63) is 59.9 Å². The highest BCUT2D eigenvalue weighted by molar-refractivity contribution is 8.00. The smallest absolute Gasteiger partial charge is 0.255 e. The predicted molar refractivity (Wildman–Crippen MR) is 119 cm³/mol. The van der Waals surface area contributed by atoms with Gasteiger partial charge in [-0.2, -0.15) is 0 Å². The van der Waals surface area contributed by atoms with E-state index in [-0.39, 0.29) is 17.1 Å². The van der Waals surface area contributed by atoms with Crippen LogP contribution in [0.5, 0.6) is 11.5 Å². The summed E-state index contributed by atoms with van der Waals surface area (Å²) in [6.45, 7) is 3.55. The Morgan fingerprint density at radius 3 is 2.48 bits per heavy atom. The molecule has 31 heavy (non-hydrogen) atoms. The molecule has 0 aliphatic carbocycles. The second kappa shape index (κ2) is 10.0. The van der Waals surface area contributed by atoms with Crippen molar-refractivity contribution in [3.63, 3.8) is 0 Å². The second-order valence-corrected chi connectivity index (χ2v) is 8.04. The molecule has 3 aromatic rings. The van der Waals surface area contributed by atoms with Gasteiger partial charge in [0.05, 0.1) is 19.5 Å². The number of hydrogen-bond acceptors (Lipinski definition) is 7. The van der Waals surface area contributed by atoms with Crippen LogP contribution >= 0.6 is 11.8 Å². The maximum atomic E-state index is 12.6. The van der Waals surface area contributed by atoms with Crippen LogP contribution in [0.4, 0.5) is 11.5 Å². The normalized spacial score (nSPS) is 11.5. The average molecular weight is 442 g/mol. The number of thioether (sulfide) groups is 1. The number of benzene rings is 2. The Labute approximate surface area is 184 Å². The number of aromatic nitrogens is 1. The molecule has 0 saturated carbocycles. The molecule has 1 heterocycles. The zero-order valence-electron chi connectivity index (χ0n) is 17.6. The maximum absolute atomic E-state index is 12.6. The van der Waals surface area contributed by atoms with Crippen molar-refractivity contribution >= 4 is 35.1 Å². The lowest BCUT2D eigenvalue weighted by Gasteiger charge is -2.12. The molecule has 1 aromatic heterocycles. The summed E-state index contributed by atoms with van der Waals surface area (Å²) in [7, 11) is 3.05. The highest BCUT2D eigenvalue weighted by Gasteiger charge is 2.17. The van der Waals surface area contributed by atoms with Gasteiger partial charge < -0.3 is 24.6 Å². The maximum Gasteiger partial charge on any atom is 0.255 e.